The highest BCUT2D eigenvalue weighted by atomic mass is 32.1. The number of hydrogen-bond donors (Lipinski definition) is 2. The molecule has 37 heavy (non-hydrogen) atoms. The molecule has 2 N–H and O–H groups in total. The number of carbonyl (C=O) groups excluding carboxylic acids is 1. The van der Waals surface area contributed by atoms with Crippen LogP contribution in [0.4, 0.5) is 11.4 Å². The molecule has 0 atom stereocenters. The van der Waals surface area contributed by atoms with Crippen LogP contribution in [0.15, 0.2) is 59.0 Å². The van der Waals surface area contributed by atoms with Crippen molar-refractivity contribution in [1.29, 1.82) is 0 Å². The number of aryl methyl sites for hydroxylation is 2. The number of anilines is 1. The molecule has 5 rings (SSSR count). The lowest BCUT2D eigenvalue weighted by molar-refractivity contribution is -0.384. The number of fused-ring (bicyclic) bond motifs is 1. The van der Waals surface area contributed by atoms with Gasteiger partial charge < -0.3 is 9.73 Å². The van der Waals surface area contributed by atoms with E-state index in [1.165, 1.54) is 29.5 Å². The normalized spacial score (nSPS) is 11.0. The second kappa shape index (κ2) is 9.87. The van der Waals surface area contributed by atoms with E-state index in [0.717, 1.165) is 28.4 Å². The Balaban J connectivity index is 1.31. The standard InChI is InChI=1S/C24H19N7O4S2/c1-3-20-27-28-24-30(20)29-22(37-24)14-9-8-13(2)16(12-14)25-23(36)26-21(32)19-11-10-18(35-19)15-6-4-5-7-17(15)31(33)34/h4-12H,3H2,1-2H3,(H2,25,26,32,36). The van der Waals surface area contributed by atoms with Crippen LogP contribution in [0.5, 0.6) is 0 Å². The fourth-order valence-electron chi connectivity index (χ4n) is 3.65. The van der Waals surface area contributed by atoms with Crippen LogP contribution < -0.4 is 10.6 Å². The van der Waals surface area contributed by atoms with Crippen molar-refractivity contribution in [2.45, 2.75) is 20.3 Å². The third-order valence-corrected chi connectivity index (χ3v) is 6.68. The zero-order valence-electron chi connectivity index (χ0n) is 19.6. The van der Waals surface area contributed by atoms with Crippen LogP contribution in [-0.4, -0.2) is 35.8 Å². The first kappa shape index (κ1) is 24.2. The Morgan fingerprint density at radius 2 is 2.00 bits per heavy atom. The zero-order chi connectivity index (χ0) is 26.1. The smallest absolute Gasteiger partial charge is 0.293 e. The number of benzene rings is 2. The SMILES string of the molecule is CCc1nnc2sc(-c3ccc(C)c(NC(=S)NC(=O)c4ccc(-c5ccccc5[N+](=O)[O-])o4)c3)nn12. The van der Waals surface area contributed by atoms with Crippen LogP contribution in [0, 0.1) is 17.0 Å². The Hall–Kier alpha value is -4.49. The van der Waals surface area contributed by atoms with Crippen molar-refractivity contribution in [3.8, 4) is 21.9 Å². The number of nitro benzene ring substituents is 1. The monoisotopic (exact) mass is 533 g/mol. The molecule has 0 aliphatic carbocycles. The second-order valence-electron chi connectivity index (χ2n) is 7.95. The molecule has 0 unspecified atom stereocenters. The van der Waals surface area contributed by atoms with E-state index in [0.29, 0.717) is 10.6 Å². The molecule has 0 bridgehead atoms. The van der Waals surface area contributed by atoms with Crippen LogP contribution in [0.1, 0.15) is 28.9 Å². The average Bonchev–Trinajstić information content (AvgIpc) is 3.61. The maximum absolute atomic E-state index is 12.7. The summed E-state index contributed by atoms with van der Waals surface area (Å²) < 4.78 is 7.33. The maximum Gasteiger partial charge on any atom is 0.293 e. The van der Waals surface area contributed by atoms with E-state index in [1.807, 2.05) is 32.0 Å². The van der Waals surface area contributed by atoms with Crippen LogP contribution in [0.25, 0.3) is 26.9 Å². The van der Waals surface area contributed by atoms with Crippen molar-refractivity contribution < 1.29 is 14.1 Å². The van der Waals surface area contributed by atoms with Gasteiger partial charge in [0, 0.05) is 23.7 Å². The van der Waals surface area contributed by atoms with Crippen LogP contribution >= 0.6 is 23.6 Å². The highest BCUT2D eigenvalue weighted by Gasteiger charge is 2.20. The number of thiocarbonyl (C=S) groups is 1. The van der Waals surface area contributed by atoms with Crippen molar-refractivity contribution in [2.75, 3.05) is 5.32 Å². The number of hydrogen-bond acceptors (Lipinski definition) is 9. The van der Waals surface area contributed by atoms with Gasteiger partial charge in [-0.15, -0.1) is 10.2 Å². The molecule has 0 fully saturated rings. The minimum atomic E-state index is -0.586. The van der Waals surface area contributed by atoms with Gasteiger partial charge in [0.1, 0.15) is 10.8 Å². The van der Waals surface area contributed by atoms with Crippen molar-refractivity contribution in [3.05, 3.63) is 81.9 Å². The molecule has 0 aliphatic heterocycles. The number of rotatable bonds is 6. The minimum absolute atomic E-state index is 0.0331. The topological polar surface area (TPSA) is 140 Å². The van der Waals surface area contributed by atoms with Gasteiger partial charge in [0.25, 0.3) is 11.6 Å². The van der Waals surface area contributed by atoms with Crippen molar-refractivity contribution in [1.82, 2.24) is 25.1 Å². The van der Waals surface area contributed by atoms with Crippen LogP contribution in [0.3, 0.4) is 0 Å². The zero-order valence-corrected chi connectivity index (χ0v) is 21.2. The quantitative estimate of drug-likeness (QED) is 0.175. The number of para-hydroxylation sites is 1. The molecule has 11 nitrogen and oxygen atoms in total. The fraction of sp³-hybridized carbons (Fsp3) is 0.125. The Morgan fingerprint density at radius 3 is 2.78 bits per heavy atom. The Labute approximate surface area is 219 Å². The van der Waals surface area contributed by atoms with Gasteiger partial charge in [-0.05, 0) is 49.0 Å². The summed E-state index contributed by atoms with van der Waals surface area (Å²) >= 11 is 6.77. The predicted molar refractivity (Wildman–Crippen MR) is 143 cm³/mol. The number of nitrogens with zero attached hydrogens (tertiary/aromatic N) is 5. The van der Waals surface area contributed by atoms with Crippen molar-refractivity contribution >= 4 is 50.9 Å². The highest BCUT2D eigenvalue weighted by molar-refractivity contribution is 7.80. The summed E-state index contributed by atoms with van der Waals surface area (Å²) in [6.07, 6.45) is 0.721. The van der Waals surface area contributed by atoms with E-state index in [4.69, 9.17) is 16.6 Å². The number of nitro groups is 1. The molecule has 5 aromatic rings. The highest BCUT2D eigenvalue weighted by Crippen LogP contribution is 2.31. The molecule has 1 amide bonds. The van der Waals surface area contributed by atoms with Gasteiger partial charge in [0.15, 0.2) is 16.7 Å². The van der Waals surface area contributed by atoms with E-state index in [-0.39, 0.29) is 27.9 Å². The van der Waals surface area contributed by atoms with Crippen molar-refractivity contribution in [2.24, 2.45) is 0 Å². The van der Waals surface area contributed by atoms with E-state index < -0.39 is 10.8 Å². The van der Waals surface area contributed by atoms with Crippen molar-refractivity contribution in [3.63, 3.8) is 0 Å². The minimum Gasteiger partial charge on any atom is -0.451 e. The third kappa shape index (κ3) is 4.81. The molecular formula is C24H19N7O4S2. The largest absolute Gasteiger partial charge is 0.451 e. The first-order valence-corrected chi connectivity index (χ1v) is 12.3. The van der Waals surface area contributed by atoms with E-state index in [9.17, 15) is 14.9 Å². The summed E-state index contributed by atoms with van der Waals surface area (Å²) in [6.45, 7) is 3.91. The lowest BCUT2D eigenvalue weighted by Gasteiger charge is -2.12. The van der Waals surface area contributed by atoms with Gasteiger partial charge in [0.05, 0.1) is 10.5 Å². The van der Waals surface area contributed by atoms with Gasteiger partial charge in [-0.25, -0.2) is 0 Å². The predicted octanol–water partition coefficient (Wildman–Crippen LogP) is 5.02. The molecule has 0 aliphatic rings. The summed E-state index contributed by atoms with van der Waals surface area (Å²) in [5, 5.41) is 30.7. The molecule has 0 saturated carbocycles. The average molecular weight is 534 g/mol. The summed E-state index contributed by atoms with van der Waals surface area (Å²) in [4.78, 5) is 24.2. The summed E-state index contributed by atoms with van der Waals surface area (Å²) in [6, 6.07) is 14.9. The molecule has 0 radical (unpaired) electrons. The van der Waals surface area contributed by atoms with E-state index >= 15 is 0 Å². The van der Waals surface area contributed by atoms with Gasteiger partial charge in [0.2, 0.25) is 4.96 Å². The Kier molecular flexibility index (Phi) is 6.46. The number of carbonyl (C=O) groups is 1. The first-order valence-electron chi connectivity index (χ1n) is 11.1. The molecular weight excluding hydrogens is 514 g/mol. The Morgan fingerprint density at radius 1 is 1.19 bits per heavy atom. The summed E-state index contributed by atoms with van der Waals surface area (Å²) in [7, 11) is 0. The van der Waals surface area contributed by atoms with Gasteiger partial charge in [-0.1, -0.05) is 42.5 Å². The second-order valence-corrected chi connectivity index (χ2v) is 9.31. The van der Waals surface area contributed by atoms with E-state index in [2.05, 4.69) is 25.9 Å². The number of aromatic nitrogens is 4. The van der Waals surface area contributed by atoms with Gasteiger partial charge >= 0.3 is 0 Å². The molecule has 3 aromatic heterocycles. The third-order valence-electron chi connectivity index (χ3n) is 5.53. The van der Waals surface area contributed by atoms with E-state index in [1.54, 1.807) is 22.7 Å². The maximum atomic E-state index is 12.7. The lowest BCUT2D eigenvalue weighted by Crippen LogP contribution is -2.34. The molecule has 0 spiro atoms. The van der Waals surface area contributed by atoms with Gasteiger partial charge in [-0.3, -0.25) is 20.2 Å². The molecule has 186 valence electrons. The number of nitrogens with one attached hydrogen (secondary N) is 2. The number of furan rings is 1. The molecule has 2 aromatic carbocycles. The summed E-state index contributed by atoms with van der Waals surface area (Å²) in [5.74, 6) is 0.372. The number of amides is 1. The fourth-order valence-corrected chi connectivity index (χ4v) is 4.71. The van der Waals surface area contributed by atoms with Gasteiger partial charge in [-0.2, -0.15) is 9.61 Å². The summed E-state index contributed by atoms with van der Waals surface area (Å²) in [5.41, 5.74) is 2.63. The van der Waals surface area contributed by atoms with Crippen LogP contribution in [-0.2, 0) is 6.42 Å². The lowest BCUT2D eigenvalue weighted by atomic mass is 10.1. The molecule has 0 saturated heterocycles. The molecule has 13 heteroatoms. The first-order chi connectivity index (χ1) is 17.8. The van der Waals surface area contributed by atoms with Crippen LogP contribution in [0.2, 0.25) is 0 Å². The molecule has 3 heterocycles. The Bertz CT molecular complexity index is 1670.